The minimum Gasteiger partial charge on any atom is -0.434 e. The van der Waals surface area contributed by atoms with Crippen molar-refractivity contribution in [1.82, 2.24) is 10.2 Å². The van der Waals surface area contributed by atoms with E-state index in [-0.39, 0.29) is 10.6 Å². The number of nitrogens with zero attached hydrogens (tertiary/aromatic N) is 2. The topological polar surface area (TPSA) is 105 Å². The van der Waals surface area contributed by atoms with E-state index in [9.17, 15) is 31.0 Å². The van der Waals surface area contributed by atoms with Gasteiger partial charge in [-0.15, -0.1) is 10.2 Å². The Balaban J connectivity index is 2.10. The van der Waals surface area contributed by atoms with Crippen LogP contribution in [0.5, 0.6) is 11.6 Å². The molecule has 2 N–H and O–H groups in total. The Labute approximate surface area is 194 Å². The van der Waals surface area contributed by atoms with E-state index in [1.165, 1.54) is 24.3 Å². The Hall–Kier alpha value is -3.32. The van der Waals surface area contributed by atoms with Crippen molar-refractivity contribution < 1.29 is 35.7 Å². The lowest BCUT2D eigenvalue weighted by Gasteiger charge is -2.16. The van der Waals surface area contributed by atoms with E-state index >= 15 is 0 Å². The molecule has 7 nitrogen and oxygen atoms in total. The number of alkyl halides is 3. The molecule has 1 unspecified atom stereocenters. The van der Waals surface area contributed by atoms with Crippen molar-refractivity contribution in [1.29, 1.82) is 4.78 Å². The number of carbonyl (C=O) groups excluding carboxylic acids is 1. The van der Waals surface area contributed by atoms with E-state index in [1.807, 2.05) is 0 Å². The second-order valence-electron chi connectivity index (χ2n) is 6.98. The van der Waals surface area contributed by atoms with E-state index in [0.717, 1.165) is 19.2 Å². The predicted octanol–water partition coefficient (Wildman–Crippen LogP) is 5.82. The van der Waals surface area contributed by atoms with Crippen LogP contribution in [0.3, 0.4) is 0 Å². The lowest BCUT2D eigenvalue weighted by molar-refractivity contribution is -0.142. The highest BCUT2D eigenvalue weighted by Gasteiger charge is 2.38. The van der Waals surface area contributed by atoms with Crippen LogP contribution in [0.15, 0.2) is 41.3 Å². The summed E-state index contributed by atoms with van der Waals surface area (Å²) in [4.78, 5) is 13.0. The molecule has 0 fully saturated rings. The number of anilines is 1. The Bertz CT molecular complexity index is 1400. The van der Waals surface area contributed by atoms with Gasteiger partial charge in [0.25, 0.3) is 11.8 Å². The number of hydrogen-bond acceptors (Lipinski definition) is 6. The van der Waals surface area contributed by atoms with Crippen LogP contribution in [0.4, 0.5) is 27.6 Å². The average Bonchev–Trinajstić information content (AvgIpc) is 2.70. The zero-order valence-corrected chi connectivity index (χ0v) is 18.8. The van der Waals surface area contributed by atoms with Crippen molar-refractivity contribution >= 4 is 32.9 Å². The van der Waals surface area contributed by atoms with Crippen molar-refractivity contribution in [3.05, 3.63) is 69.9 Å². The summed E-state index contributed by atoms with van der Waals surface area (Å²) in [7, 11) is -3.15. The number of nitrogens with one attached hydrogen (secondary N) is 2. The number of benzene rings is 2. The first kappa shape index (κ1) is 25.3. The fourth-order valence-electron chi connectivity index (χ4n) is 2.80. The first-order valence-electron chi connectivity index (χ1n) is 9.10. The molecule has 0 saturated carbocycles. The standard InChI is InChI=1S/C20H14ClF5N4O3S/c1-9-16(18(31)28-10-4-3-5-11(6-10)34(2,27)32)19(30-29-17(9)20(24,25)26)33-15-7-12(21)13(22)8-14(15)23/h3-8,27H,1-2H3,(H,28,31). The zero-order chi connectivity index (χ0) is 25.4. The van der Waals surface area contributed by atoms with E-state index in [1.54, 1.807) is 0 Å². The molecule has 14 heteroatoms. The molecule has 0 radical (unpaired) electrons. The van der Waals surface area contributed by atoms with Gasteiger partial charge in [0.1, 0.15) is 11.4 Å². The molecule has 3 rings (SSSR count). The van der Waals surface area contributed by atoms with Crippen molar-refractivity contribution in [3.8, 4) is 11.6 Å². The lowest BCUT2D eigenvalue weighted by atomic mass is 10.1. The van der Waals surface area contributed by atoms with Gasteiger partial charge in [0.2, 0.25) is 0 Å². The molecule has 0 bridgehead atoms. The highest BCUT2D eigenvalue weighted by atomic mass is 35.5. The van der Waals surface area contributed by atoms with Gasteiger partial charge in [0.15, 0.2) is 17.3 Å². The van der Waals surface area contributed by atoms with Crippen molar-refractivity contribution in [2.24, 2.45) is 0 Å². The quantitative estimate of drug-likeness (QED) is 0.326. The fraction of sp³-hybridized carbons (Fsp3) is 0.150. The maximum absolute atomic E-state index is 14.1. The summed E-state index contributed by atoms with van der Waals surface area (Å²) in [5, 5.41) is 8.08. The average molecular weight is 521 g/mol. The summed E-state index contributed by atoms with van der Waals surface area (Å²) in [5.74, 6) is -5.03. The summed E-state index contributed by atoms with van der Waals surface area (Å²) in [6, 6.07) is 6.42. The molecule has 34 heavy (non-hydrogen) atoms. The van der Waals surface area contributed by atoms with E-state index in [2.05, 4.69) is 15.5 Å². The molecule has 0 spiro atoms. The normalized spacial score (nSPS) is 13.3. The number of rotatable bonds is 5. The molecule has 0 aliphatic rings. The molecular formula is C20H14ClF5N4O3S. The Morgan fingerprint density at radius 2 is 1.82 bits per heavy atom. The molecule has 1 amide bonds. The molecule has 2 aromatic carbocycles. The number of carbonyl (C=O) groups is 1. The van der Waals surface area contributed by atoms with Gasteiger partial charge < -0.3 is 10.1 Å². The lowest BCUT2D eigenvalue weighted by Crippen LogP contribution is -2.21. The molecule has 180 valence electrons. The van der Waals surface area contributed by atoms with Gasteiger partial charge in [-0.25, -0.2) is 17.8 Å². The molecule has 1 heterocycles. The van der Waals surface area contributed by atoms with Gasteiger partial charge in [-0.1, -0.05) is 17.7 Å². The summed E-state index contributed by atoms with van der Waals surface area (Å²) in [6.07, 6.45) is -3.83. The smallest absolute Gasteiger partial charge is 0.434 e. The zero-order valence-electron chi connectivity index (χ0n) is 17.3. The minimum absolute atomic E-state index is 0.0102. The molecule has 0 saturated heterocycles. The largest absolute Gasteiger partial charge is 0.435 e. The number of amides is 1. The highest BCUT2D eigenvalue weighted by Crippen LogP contribution is 2.36. The van der Waals surface area contributed by atoms with Crippen molar-refractivity contribution in [3.63, 3.8) is 0 Å². The second kappa shape index (κ2) is 9.14. The number of halogens is 6. The van der Waals surface area contributed by atoms with E-state index < -0.39 is 66.9 Å². The van der Waals surface area contributed by atoms with Crippen LogP contribution >= 0.6 is 11.6 Å². The van der Waals surface area contributed by atoms with E-state index in [0.29, 0.717) is 6.07 Å². The molecule has 3 aromatic rings. The van der Waals surface area contributed by atoms with Crippen molar-refractivity contribution in [2.45, 2.75) is 18.0 Å². The van der Waals surface area contributed by atoms with Gasteiger partial charge in [0.05, 0.1) is 14.8 Å². The third kappa shape index (κ3) is 5.42. The predicted molar refractivity (Wildman–Crippen MR) is 113 cm³/mol. The van der Waals surface area contributed by atoms with Gasteiger partial charge in [-0.2, -0.15) is 13.2 Å². The van der Waals surface area contributed by atoms with Gasteiger partial charge in [-0.05, 0) is 30.7 Å². The van der Waals surface area contributed by atoms with Crippen molar-refractivity contribution in [2.75, 3.05) is 11.6 Å². The maximum atomic E-state index is 14.1. The number of hydrogen-bond donors (Lipinski definition) is 2. The fourth-order valence-corrected chi connectivity index (χ4v) is 3.65. The van der Waals surface area contributed by atoms with Crippen LogP contribution in [0.2, 0.25) is 5.02 Å². The van der Waals surface area contributed by atoms with Crippen LogP contribution < -0.4 is 10.1 Å². The van der Waals surface area contributed by atoms with Crippen LogP contribution in [-0.4, -0.2) is 26.6 Å². The SMILES string of the molecule is Cc1c(C(F)(F)F)nnc(Oc2cc(Cl)c(F)cc2F)c1C(=O)Nc1cccc(S(C)(=N)=O)c1. The van der Waals surface area contributed by atoms with Gasteiger partial charge in [0, 0.05) is 29.0 Å². The molecule has 0 aliphatic heterocycles. The van der Waals surface area contributed by atoms with Crippen LogP contribution in [0, 0.1) is 23.3 Å². The summed E-state index contributed by atoms with van der Waals surface area (Å²) >= 11 is 5.60. The Morgan fingerprint density at radius 1 is 1.15 bits per heavy atom. The summed E-state index contributed by atoms with van der Waals surface area (Å²) < 4.78 is 92.4. The summed E-state index contributed by atoms with van der Waals surface area (Å²) in [5.41, 5.74) is -2.90. The monoisotopic (exact) mass is 520 g/mol. The molecule has 0 aliphatic carbocycles. The third-order valence-corrected chi connectivity index (χ3v) is 5.85. The molecule has 1 aromatic heterocycles. The highest BCUT2D eigenvalue weighted by molar-refractivity contribution is 7.91. The van der Waals surface area contributed by atoms with Crippen LogP contribution in [-0.2, 0) is 15.9 Å². The second-order valence-corrected chi connectivity index (χ2v) is 9.54. The molecule has 1 atom stereocenters. The van der Waals surface area contributed by atoms with Crippen LogP contribution in [0.1, 0.15) is 21.6 Å². The first-order chi connectivity index (χ1) is 15.7. The van der Waals surface area contributed by atoms with Crippen LogP contribution in [0.25, 0.3) is 0 Å². The van der Waals surface area contributed by atoms with Gasteiger partial charge >= 0.3 is 6.18 Å². The third-order valence-electron chi connectivity index (χ3n) is 4.40. The van der Waals surface area contributed by atoms with E-state index in [4.69, 9.17) is 21.1 Å². The van der Waals surface area contributed by atoms with Gasteiger partial charge in [-0.3, -0.25) is 4.79 Å². The Kier molecular flexibility index (Phi) is 6.80. The molecular weight excluding hydrogens is 507 g/mol. The number of aromatic nitrogens is 2. The summed E-state index contributed by atoms with van der Waals surface area (Å²) in [6.45, 7) is 0.937. The first-order valence-corrected chi connectivity index (χ1v) is 11.4. The Morgan fingerprint density at radius 3 is 2.44 bits per heavy atom. The minimum atomic E-state index is -4.98. The maximum Gasteiger partial charge on any atom is 0.435 e. The number of ether oxygens (including phenoxy) is 1.